The van der Waals surface area contributed by atoms with Gasteiger partial charge in [-0.15, -0.1) is 10.2 Å². The van der Waals surface area contributed by atoms with Gasteiger partial charge in [0.15, 0.2) is 11.6 Å². The Bertz CT molecular complexity index is 955. The molecule has 1 saturated heterocycles. The van der Waals surface area contributed by atoms with Crippen molar-refractivity contribution in [2.75, 3.05) is 49.1 Å². The molecule has 0 unspecified atom stereocenters. The molecule has 152 valence electrons. The molecule has 0 atom stereocenters. The third-order valence-corrected chi connectivity index (χ3v) is 5.67. The van der Waals surface area contributed by atoms with Gasteiger partial charge in [-0.05, 0) is 43.5 Å². The summed E-state index contributed by atoms with van der Waals surface area (Å²) in [6.07, 6.45) is 1.99. The second kappa shape index (κ2) is 8.51. The highest BCUT2D eigenvalue weighted by atomic mass is 16.2. The summed E-state index contributed by atoms with van der Waals surface area (Å²) in [5.74, 6) is 1.95. The summed E-state index contributed by atoms with van der Waals surface area (Å²) >= 11 is 0. The minimum atomic E-state index is 0.161. The Labute approximate surface area is 171 Å². The number of piperazine rings is 1. The van der Waals surface area contributed by atoms with Crippen LogP contribution in [0.5, 0.6) is 0 Å². The van der Waals surface area contributed by atoms with Gasteiger partial charge in [-0.2, -0.15) is 0 Å². The van der Waals surface area contributed by atoms with Crippen molar-refractivity contribution in [1.29, 1.82) is 0 Å². The van der Waals surface area contributed by atoms with Gasteiger partial charge in [0.25, 0.3) is 0 Å². The molecule has 1 aliphatic heterocycles. The molecule has 2 aromatic heterocycles. The molecule has 1 aromatic carbocycles. The van der Waals surface area contributed by atoms with Crippen molar-refractivity contribution in [2.45, 2.75) is 20.4 Å². The van der Waals surface area contributed by atoms with Crippen LogP contribution in [0, 0.1) is 0 Å². The number of amides is 1. The molecule has 4 rings (SSSR count). The molecule has 0 aliphatic carbocycles. The Hall–Kier alpha value is -3.09. The summed E-state index contributed by atoms with van der Waals surface area (Å²) in [6.45, 7) is 9.41. The molecule has 0 N–H and O–H groups in total. The number of rotatable bonds is 6. The van der Waals surface area contributed by atoms with Crippen molar-refractivity contribution in [3.05, 3.63) is 48.7 Å². The minimum Gasteiger partial charge on any atom is -0.356 e. The number of hydrogen-bond donors (Lipinski definition) is 0. The Morgan fingerprint density at radius 3 is 2.41 bits per heavy atom. The van der Waals surface area contributed by atoms with Crippen LogP contribution in [0.4, 0.5) is 11.6 Å². The molecular weight excluding hydrogens is 364 g/mol. The van der Waals surface area contributed by atoms with E-state index in [2.05, 4.69) is 52.0 Å². The van der Waals surface area contributed by atoms with Gasteiger partial charge in [0.2, 0.25) is 5.91 Å². The zero-order chi connectivity index (χ0) is 20.2. The number of hydrogen-bond acceptors (Lipinski definition) is 5. The van der Waals surface area contributed by atoms with Crippen molar-refractivity contribution in [3.8, 4) is 0 Å². The molecule has 3 heterocycles. The third kappa shape index (κ3) is 4.04. The minimum absolute atomic E-state index is 0.161. The smallest absolute Gasteiger partial charge is 0.242 e. The molecule has 0 bridgehead atoms. The van der Waals surface area contributed by atoms with Crippen LogP contribution in [-0.2, 0) is 11.3 Å². The number of carbonyl (C=O) groups is 1. The molecule has 7 heteroatoms. The van der Waals surface area contributed by atoms with Crippen molar-refractivity contribution < 1.29 is 4.79 Å². The van der Waals surface area contributed by atoms with Gasteiger partial charge in [-0.25, -0.2) is 0 Å². The second-order valence-corrected chi connectivity index (χ2v) is 7.29. The van der Waals surface area contributed by atoms with E-state index < -0.39 is 0 Å². The first-order chi connectivity index (χ1) is 14.2. The Kier molecular flexibility index (Phi) is 5.64. The van der Waals surface area contributed by atoms with E-state index in [9.17, 15) is 4.79 Å². The lowest BCUT2D eigenvalue weighted by Gasteiger charge is -2.35. The summed E-state index contributed by atoms with van der Waals surface area (Å²) in [7, 11) is 0. The van der Waals surface area contributed by atoms with E-state index in [0.717, 1.165) is 48.7 Å². The molecule has 0 spiro atoms. The number of nitrogens with zero attached hydrogens (tertiary/aromatic N) is 6. The predicted molar refractivity (Wildman–Crippen MR) is 116 cm³/mol. The van der Waals surface area contributed by atoms with Gasteiger partial charge in [0.1, 0.15) is 6.54 Å². The average Bonchev–Trinajstić information content (AvgIpc) is 3.18. The van der Waals surface area contributed by atoms with Gasteiger partial charge in [-0.3, -0.25) is 4.79 Å². The van der Waals surface area contributed by atoms with E-state index in [0.29, 0.717) is 19.6 Å². The van der Waals surface area contributed by atoms with Crippen molar-refractivity contribution >= 4 is 28.4 Å². The highest BCUT2D eigenvalue weighted by molar-refractivity contribution is 5.83. The van der Waals surface area contributed by atoms with E-state index in [-0.39, 0.29) is 5.91 Å². The zero-order valence-corrected chi connectivity index (χ0v) is 17.2. The van der Waals surface area contributed by atoms with Crippen molar-refractivity contribution in [2.24, 2.45) is 0 Å². The molecule has 1 fully saturated rings. The molecular formula is C22H28N6O. The number of para-hydroxylation sites is 1. The SMILES string of the molecule is CCN(CC)c1ccc(N2CCN(C(=O)Cn3ccc4ccccc43)CC2)nn1. The highest BCUT2D eigenvalue weighted by Gasteiger charge is 2.22. The first-order valence-electron chi connectivity index (χ1n) is 10.3. The van der Waals surface area contributed by atoms with E-state index in [4.69, 9.17) is 0 Å². The Morgan fingerprint density at radius 1 is 0.966 bits per heavy atom. The van der Waals surface area contributed by atoms with Crippen molar-refractivity contribution in [1.82, 2.24) is 19.7 Å². The van der Waals surface area contributed by atoms with Crippen LogP contribution in [0.3, 0.4) is 0 Å². The van der Waals surface area contributed by atoms with E-state index in [1.807, 2.05) is 39.9 Å². The normalized spacial score (nSPS) is 14.4. The fraction of sp³-hybridized carbons (Fsp3) is 0.409. The highest BCUT2D eigenvalue weighted by Crippen LogP contribution is 2.18. The number of fused-ring (bicyclic) bond motifs is 1. The maximum Gasteiger partial charge on any atom is 0.242 e. The molecule has 7 nitrogen and oxygen atoms in total. The monoisotopic (exact) mass is 392 g/mol. The maximum absolute atomic E-state index is 12.8. The molecule has 3 aromatic rings. The topological polar surface area (TPSA) is 57.5 Å². The summed E-state index contributed by atoms with van der Waals surface area (Å²) < 4.78 is 2.03. The molecule has 1 aliphatic rings. The lowest BCUT2D eigenvalue weighted by atomic mass is 10.2. The lowest BCUT2D eigenvalue weighted by molar-refractivity contribution is -0.132. The average molecular weight is 393 g/mol. The summed E-state index contributed by atoms with van der Waals surface area (Å²) in [5.41, 5.74) is 1.10. The fourth-order valence-electron chi connectivity index (χ4n) is 3.91. The van der Waals surface area contributed by atoms with Crippen LogP contribution < -0.4 is 9.80 Å². The van der Waals surface area contributed by atoms with Crippen LogP contribution >= 0.6 is 0 Å². The van der Waals surface area contributed by atoms with Crippen LogP contribution in [0.25, 0.3) is 10.9 Å². The van der Waals surface area contributed by atoms with Gasteiger partial charge in [0, 0.05) is 51.0 Å². The molecule has 1 amide bonds. The first kappa shape index (κ1) is 19.2. The number of anilines is 2. The number of aromatic nitrogens is 3. The molecule has 29 heavy (non-hydrogen) atoms. The van der Waals surface area contributed by atoms with E-state index in [1.54, 1.807) is 0 Å². The van der Waals surface area contributed by atoms with Crippen molar-refractivity contribution in [3.63, 3.8) is 0 Å². The third-order valence-electron chi connectivity index (χ3n) is 5.67. The quantitative estimate of drug-likeness (QED) is 0.645. The van der Waals surface area contributed by atoms with Gasteiger partial charge in [-0.1, -0.05) is 18.2 Å². The Balaban J connectivity index is 1.35. The van der Waals surface area contributed by atoms with Gasteiger partial charge < -0.3 is 19.3 Å². The maximum atomic E-state index is 12.8. The number of carbonyl (C=O) groups excluding carboxylic acids is 1. The van der Waals surface area contributed by atoms with Crippen LogP contribution in [0.2, 0.25) is 0 Å². The van der Waals surface area contributed by atoms with Gasteiger partial charge in [0.05, 0.1) is 0 Å². The predicted octanol–water partition coefficient (Wildman–Crippen LogP) is 2.63. The van der Waals surface area contributed by atoms with Gasteiger partial charge >= 0.3 is 0 Å². The summed E-state index contributed by atoms with van der Waals surface area (Å²) in [4.78, 5) is 19.1. The largest absolute Gasteiger partial charge is 0.356 e. The Morgan fingerprint density at radius 2 is 1.72 bits per heavy atom. The molecule has 0 saturated carbocycles. The molecule has 0 radical (unpaired) electrons. The first-order valence-corrected chi connectivity index (χ1v) is 10.3. The summed E-state index contributed by atoms with van der Waals surface area (Å²) in [6, 6.07) is 14.3. The van der Waals surface area contributed by atoms with Crippen LogP contribution in [-0.4, -0.2) is 64.8 Å². The number of benzene rings is 1. The van der Waals surface area contributed by atoms with E-state index in [1.165, 1.54) is 0 Å². The lowest BCUT2D eigenvalue weighted by Crippen LogP contribution is -2.49. The second-order valence-electron chi connectivity index (χ2n) is 7.29. The fourth-order valence-corrected chi connectivity index (χ4v) is 3.91. The van der Waals surface area contributed by atoms with E-state index >= 15 is 0 Å². The van der Waals surface area contributed by atoms with Crippen LogP contribution in [0.15, 0.2) is 48.7 Å². The summed E-state index contributed by atoms with van der Waals surface area (Å²) in [5, 5.41) is 9.95. The van der Waals surface area contributed by atoms with Crippen LogP contribution in [0.1, 0.15) is 13.8 Å². The zero-order valence-electron chi connectivity index (χ0n) is 17.2. The standard InChI is InChI=1S/C22H28N6O/c1-3-25(4-2)20-9-10-21(24-23-20)26-13-15-27(16-14-26)22(29)17-28-12-11-18-7-5-6-8-19(18)28/h5-12H,3-4,13-17H2,1-2H3.